The van der Waals surface area contributed by atoms with Gasteiger partial charge in [0, 0.05) is 24.9 Å². The van der Waals surface area contributed by atoms with Gasteiger partial charge >= 0.3 is 0 Å². The Labute approximate surface area is 119 Å². The van der Waals surface area contributed by atoms with Gasteiger partial charge in [-0.15, -0.1) is 15.3 Å². The van der Waals surface area contributed by atoms with Crippen molar-refractivity contribution < 1.29 is 4.42 Å². The third-order valence-corrected chi connectivity index (χ3v) is 3.52. The van der Waals surface area contributed by atoms with E-state index in [0.717, 1.165) is 5.56 Å². The van der Waals surface area contributed by atoms with Gasteiger partial charge in [0.2, 0.25) is 16.9 Å². The molecular formula is C12H12N6OS. The van der Waals surface area contributed by atoms with Crippen LogP contribution < -0.4 is 0 Å². The van der Waals surface area contributed by atoms with E-state index in [4.69, 9.17) is 4.42 Å². The molecule has 0 saturated carbocycles. The average Bonchev–Trinajstić information content (AvgIpc) is 3.09. The van der Waals surface area contributed by atoms with Crippen LogP contribution in [0.2, 0.25) is 0 Å². The highest BCUT2D eigenvalue weighted by Crippen LogP contribution is 2.32. The minimum atomic E-state index is -0.00579. The number of nitrogens with one attached hydrogen (secondary N) is 1. The Morgan fingerprint density at radius 3 is 2.95 bits per heavy atom. The fraction of sp³-hybridized carbons (Fsp3) is 0.250. The summed E-state index contributed by atoms with van der Waals surface area (Å²) in [4.78, 5) is 8.47. The quantitative estimate of drug-likeness (QED) is 0.737. The number of aryl methyl sites for hydroxylation is 1. The molecule has 7 nitrogen and oxygen atoms in total. The van der Waals surface area contributed by atoms with Crippen LogP contribution in [0.1, 0.15) is 24.0 Å². The van der Waals surface area contributed by atoms with Crippen LogP contribution in [-0.2, 0) is 0 Å². The van der Waals surface area contributed by atoms with E-state index < -0.39 is 0 Å². The predicted molar refractivity (Wildman–Crippen MR) is 72.9 cm³/mol. The highest BCUT2D eigenvalue weighted by atomic mass is 32.2. The van der Waals surface area contributed by atoms with Crippen molar-refractivity contribution >= 4 is 11.8 Å². The Bertz CT molecular complexity index is 695. The molecule has 0 aromatic carbocycles. The number of aromatic amines is 1. The average molecular weight is 288 g/mol. The lowest BCUT2D eigenvalue weighted by molar-refractivity contribution is 0.470. The summed E-state index contributed by atoms with van der Waals surface area (Å²) in [6.45, 7) is 3.74. The fourth-order valence-corrected chi connectivity index (χ4v) is 2.37. The Kier molecular flexibility index (Phi) is 3.46. The first-order valence-corrected chi connectivity index (χ1v) is 6.90. The summed E-state index contributed by atoms with van der Waals surface area (Å²) in [5.41, 5.74) is 0.896. The third kappa shape index (κ3) is 2.69. The third-order valence-electron chi connectivity index (χ3n) is 2.57. The predicted octanol–water partition coefficient (Wildman–Crippen LogP) is 2.41. The van der Waals surface area contributed by atoms with E-state index in [9.17, 15) is 0 Å². The summed E-state index contributed by atoms with van der Waals surface area (Å²) in [7, 11) is 0. The van der Waals surface area contributed by atoms with Gasteiger partial charge in [0.1, 0.15) is 0 Å². The van der Waals surface area contributed by atoms with Crippen molar-refractivity contribution in [1.82, 2.24) is 30.4 Å². The number of thioether (sulfide) groups is 1. The van der Waals surface area contributed by atoms with Crippen molar-refractivity contribution in [3.8, 4) is 11.4 Å². The Balaban J connectivity index is 1.74. The fourth-order valence-electron chi connectivity index (χ4n) is 1.62. The SMILES string of the molecule is Cc1nnc([C@H](C)Sc2n[nH]c(-c3cccnc3)n2)o1. The zero-order valence-corrected chi connectivity index (χ0v) is 11.8. The van der Waals surface area contributed by atoms with Crippen LogP contribution in [0, 0.1) is 6.92 Å². The van der Waals surface area contributed by atoms with Crippen LogP contribution in [0.25, 0.3) is 11.4 Å². The summed E-state index contributed by atoms with van der Waals surface area (Å²) in [5, 5.41) is 15.5. The van der Waals surface area contributed by atoms with E-state index in [1.165, 1.54) is 11.8 Å². The largest absolute Gasteiger partial charge is 0.424 e. The van der Waals surface area contributed by atoms with Crippen molar-refractivity contribution in [3.63, 3.8) is 0 Å². The Morgan fingerprint density at radius 2 is 2.25 bits per heavy atom. The smallest absolute Gasteiger partial charge is 0.229 e. The molecule has 20 heavy (non-hydrogen) atoms. The summed E-state index contributed by atoms with van der Waals surface area (Å²) < 4.78 is 5.39. The van der Waals surface area contributed by atoms with Crippen LogP contribution in [0.5, 0.6) is 0 Å². The van der Waals surface area contributed by atoms with Crippen molar-refractivity contribution in [3.05, 3.63) is 36.3 Å². The van der Waals surface area contributed by atoms with Gasteiger partial charge in [-0.05, 0) is 19.1 Å². The maximum atomic E-state index is 5.39. The number of rotatable bonds is 4. The maximum absolute atomic E-state index is 5.39. The topological polar surface area (TPSA) is 93.4 Å². The molecule has 0 radical (unpaired) electrons. The van der Waals surface area contributed by atoms with Crippen LogP contribution in [0.4, 0.5) is 0 Å². The van der Waals surface area contributed by atoms with Gasteiger partial charge in [-0.1, -0.05) is 11.8 Å². The molecule has 0 saturated heterocycles. The Hall–Kier alpha value is -2.22. The molecule has 0 bridgehead atoms. The van der Waals surface area contributed by atoms with Gasteiger partial charge in [0.15, 0.2) is 5.82 Å². The van der Waals surface area contributed by atoms with E-state index in [-0.39, 0.29) is 5.25 Å². The molecule has 3 heterocycles. The van der Waals surface area contributed by atoms with E-state index in [1.807, 2.05) is 19.1 Å². The minimum Gasteiger partial charge on any atom is -0.424 e. The minimum absolute atomic E-state index is 0.00579. The first-order chi connectivity index (χ1) is 9.72. The molecule has 0 fully saturated rings. The number of hydrogen-bond acceptors (Lipinski definition) is 7. The number of nitrogens with zero attached hydrogens (tertiary/aromatic N) is 5. The number of H-pyrrole nitrogens is 1. The zero-order chi connectivity index (χ0) is 13.9. The van der Waals surface area contributed by atoms with Crippen LogP contribution in [0.3, 0.4) is 0 Å². The molecule has 0 amide bonds. The number of aromatic nitrogens is 6. The molecule has 0 aliphatic carbocycles. The standard InChI is InChI=1S/C12H12N6OS/c1-7(11-17-15-8(2)19-11)20-12-14-10(16-18-12)9-4-3-5-13-6-9/h3-7H,1-2H3,(H,14,16,18)/t7-/m0/s1. The normalized spacial score (nSPS) is 12.5. The van der Waals surface area contributed by atoms with Crippen LogP contribution in [-0.4, -0.2) is 30.4 Å². The molecule has 1 atom stereocenters. The van der Waals surface area contributed by atoms with Gasteiger partial charge < -0.3 is 4.42 Å². The first-order valence-electron chi connectivity index (χ1n) is 6.02. The van der Waals surface area contributed by atoms with Crippen molar-refractivity contribution in [2.24, 2.45) is 0 Å². The van der Waals surface area contributed by atoms with Gasteiger partial charge in [0.25, 0.3) is 0 Å². The molecule has 102 valence electrons. The van der Waals surface area contributed by atoms with Crippen LogP contribution in [0.15, 0.2) is 34.1 Å². The summed E-state index contributed by atoms with van der Waals surface area (Å²) >= 11 is 1.46. The summed E-state index contributed by atoms with van der Waals surface area (Å²) in [6.07, 6.45) is 3.45. The van der Waals surface area contributed by atoms with Crippen molar-refractivity contribution in [2.45, 2.75) is 24.3 Å². The Morgan fingerprint density at radius 1 is 1.35 bits per heavy atom. The molecule has 0 aliphatic heterocycles. The van der Waals surface area contributed by atoms with Gasteiger partial charge in [-0.25, -0.2) is 4.98 Å². The first kappa shape index (κ1) is 12.8. The molecule has 0 aliphatic rings. The number of hydrogen-bond donors (Lipinski definition) is 1. The summed E-state index contributed by atoms with van der Waals surface area (Å²) in [5.74, 6) is 1.81. The monoisotopic (exact) mass is 288 g/mol. The second kappa shape index (κ2) is 5.41. The highest BCUT2D eigenvalue weighted by molar-refractivity contribution is 7.99. The summed E-state index contributed by atoms with van der Waals surface area (Å²) in [6, 6.07) is 3.78. The van der Waals surface area contributed by atoms with Crippen molar-refractivity contribution in [1.29, 1.82) is 0 Å². The van der Waals surface area contributed by atoms with E-state index in [1.54, 1.807) is 19.3 Å². The van der Waals surface area contributed by atoms with E-state index in [0.29, 0.717) is 22.8 Å². The second-order valence-electron chi connectivity index (χ2n) is 4.13. The van der Waals surface area contributed by atoms with E-state index in [2.05, 4.69) is 30.4 Å². The number of pyridine rings is 1. The molecule has 1 N–H and O–H groups in total. The molecular weight excluding hydrogens is 276 g/mol. The van der Waals surface area contributed by atoms with Gasteiger partial charge in [-0.3, -0.25) is 10.1 Å². The van der Waals surface area contributed by atoms with E-state index >= 15 is 0 Å². The molecule has 0 unspecified atom stereocenters. The molecule has 3 aromatic rings. The highest BCUT2D eigenvalue weighted by Gasteiger charge is 2.17. The molecule has 3 rings (SSSR count). The molecule has 8 heteroatoms. The van der Waals surface area contributed by atoms with Gasteiger partial charge in [0.05, 0.1) is 5.25 Å². The maximum Gasteiger partial charge on any atom is 0.229 e. The van der Waals surface area contributed by atoms with Crippen molar-refractivity contribution in [2.75, 3.05) is 0 Å². The lowest BCUT2D eigenvalue weighted by atomic mass is 10.3. The molecule has 0 spiro atoms. The lowest BCUT2D eigenvalue weighted by Gasteiger charge is -2.01. The van der Waals surface area contributed by atoms with Crippen LogP contribution >= 0.6 is 11.8 Å². The molecule has 3 aromatic heterocycles. The second-order valence-corrected chi connectivity index (χ2v) is 5.44. The lowest BCUT2D eigenvalue weighted by Crippen LogP contribution is -1.89. The zero-order valence-electron chi connectivity index (χ0n) is 10.9. The van der Waals surface area contributed by atoms with Gasteiger partial charge in [-0.2, -0.15) is 0 Å².